The second-order valence-corrected chi connectivity index (χ2v) is 6.26. The molecule has 0 radical (unpaired) electrons. The largest absolute Gasteiger partial charge is 0.466 e. The van der Waals surface area contributed by atoms with E-state index in [4.69, 9.17) is 4.74 Å². The number of nitrogens with one attached hydrogen (secondary N) is 1. The number of aryl methyl sites for hydroxylation is 1. The number of fused-ring (bicyclic) bond motifs is 3. The monoisotopic (exact) mass is 333 g/mol. The van der Waals surface area contributed by atoms with E-state index < -0.39 is 0 Å². The number of carbonyl (C=O) groups is 1. The van der Waals surface area contributed by atoms with Gasteiger partial charge in [0.25, 0.3) is 0 Å². The number of imidazole rings is 1. The lowest BCUT2D eigenvalue weighted by Gasteiger charge is -2.30. The molecule has 2 aromatic carbocycles. The maximum atomic E-state index is 12.5. The highest BCUT2D eigenvalue weighted by Crippen LogP contribution is 2.39. The quantitative estimate of drug-likeness (QED) is 0.725. The minimum Gasteiger partial charge on any atom is -0.466 e. The molecule has 3 aromatic rings. The van der Waals surface area contributed by atoms with Crippen LogP contribution in [0.1, 0.15) is 24.1 Å². The van der Waals surface area contributed by atoms with Gasteiger partial charge < -0.3 is 10.1 Å². The van der Waals surface area contributed by atoms with E-state index in [0.29, 0.717) is 5.57 Å². The predicted octanol–water partition coefficient (Wildman–Crippen LogP) is 3.81. The molecule has 4 rings (SSSR count). The van der Waals surface area contributed by atoms with E-state index in [1.54, 1.807) is 0 Å². The highest BCUT2D eigenvalue weighted by atomic mass is 16.5. The summed E-state index contributed by atoms with van der Waals surface area (Å²) in [5.74, 6) is 0.399. The lowest BCUT2D eigenvalue weighted by Crippen LogP contribution is -2.28. The second kappa shape index (κ2) is 5.77. The Labute approximate surface area is 145 Å². The molecule has 0 amide bonds. The van der Waals surface area contributed by atoms with Crippen molar-refractivity contribution in [1.82, 2.24) is 9.55 Å². The molecule has 0 aliphatic carbocycles. The maximum Gasteiger partial charge on any atom is 0.337 e. The van der Waals surface area contributed by atoms with Crippen molar-refractivity contribution in [1.29, 1.82) is 0 Å². The Morgan fingerprint density at radius 1 is 1.12 bits per heavy atom. The predicted molar refractivity (Wildman–Crippen MR) is 97.4 cm³/mol. The fourth-order valence-electron chi connectivity index (χ4n) is 3.40. The Bertz CT molecular complexity index is 999. The Kier molecular flexibility index (Phi) is 3.57. The Morgan fingerprint density at radius 2 is 1.84 bits per heavy atom. The summed E-state index contributed by atoms with van der Waals surface area (Å²) in [7, 11) is 1.41. The van der Waals surface area contributed by atoms with E-state index >= 15 is 0 Å². The molecule has 0 spiro atoms. The van der Waals surface area contributed by atoms with Crippen molar-refractivity contribution in [3.05, 3.63) is 70.9 Å². The van der Waals surface area contributed by atoms with E-state index in [2.05, 4.69) is 39.1 Å². The van der Waals surface area contributed by atoms with Crippen molar-refractivity contribution >= 4 is 23.0 Å². The van der Waals surface area contributed by atoms with Crippen molar-refractivity contribution in [3.63, 3.8) is 0 Å². The first-order valence-corrected chi connectivity index (χ1v) is 8.20. The number of carbonyl (C=O) groups excluding carboxylic acids is 1. The van der Waals surface area contributed by atoms with Gasteiger partial charge in [-0.15, -0.1) is 0 Å². The number of ether oxygens (including phenoxy) is 1. The van der Waals surface area contributed by atoms with Crippen molar-refractivity contribution in [2.24, 2.45) is 0 Å². The molecule has 0 saturated heterocycles. The molecule has 1 aromatic heterocycles. The average molecular weight is 333 g/mol. The summed E-state index contributed by atoms with van der Waals surface area (Å²) in [6, 6.07) is 15.9. The zero-order valence-electron chi connectivity index (χ0n) is 14.4. The second-order valence-electron chi connectivity index (χ2n) is 6.26. The summed E-state index contributed by atoms with van der Waals surface area (Å²) in [6.45, 7) is 3.93. The Hall–Kier alpha value is -3.08. The number of methoxy groups -OCH3 is 1. The number of hydrogen-bond acceptors (Lipinski definition) is 4. The minimum atomic E-state index is -0.334. The van der Waals surface area contributed by atoms with Gasteiger partial charge >= 0.3 is 5.97 Å². The number of esters is 1. The van der Waals surface area contributed by atoms with E-state index in [1.807, 2.05) is 38.1 Å². The molecule has 1 aliphatic heterocycles. The lowest BCUT2D eigenvalue weighted by molar-refractivity contribution is -0.136. The molecule has 5 nitrogen and oxygen atoms in total. The zero-order valence-corrected chi connectivity index (χ0v) is 14.4. The average Bonchev–Trinajstić information content (AvgIpc) is 2.98. The van der Waals surface area contributed by atoms with Crippen molar-refractivity contribution in [3.8, 4) is 0 Å². The molecule has 1 N–H and O–H groups in total. The Morgan fingerprint density at radius 3 is 2.56 bits per heavy atom. The van der Waals surface area contributed by atoms with E-state index in [0.717, 1.165) is 28.2 Å². The highest BCUT2D eigenvalue weighted by Gasteiger charge is 2.34. The third kappa shape index (κ3) is 2.39. The van der Waals surface area contributed by atoms with Crippen molar-refractivity contribution in [2.45, 2.75) is 19.9 Å². The minimum absolute atomic E-state index is 0.281. The fourth-order valence-corrected chi connectivity index (χ4v) is 3.40. The molecule has 2 heterocycles. The van der Waals surface area contributed by atoms with Crippen LogP contribution < -0.4 is 5.32 Å². The van der Waals surface area contributed by atoms with E-state index in [-0.39, 0.29) is 12.0 Å². The van der Waals surface area contributed by atoms with Crippen LogP contribution in [0.4, 0.5) is 5.95 Å². The third-order valence-electron chi connectivity index (χ3n) is 4.63. The molecular weight excluding hydrogens is 314 g/mol. The number of anilines is 1. The number of aromatic nitrogens is 2. The first kappa shape index (κ1) is 15.4. The molecule has 0 bridgehead atoms. The molecule has 0 unspecified atom stereocenters. The number of nitrogens with zero attached hydrogens (tertiary/aromatic N) is 2. The molecule has 126 valence electrons. The van der Waals surface area contributed by atoms with Gasteiger partial charge in [-0.3, -0.25) is 4.57 Å². The number of hydrogen-bond donors (Lipinski definition) is 1. The summed E-state index contributed by atoms with van der Waals surface area (Å²) in [5.41, 5.74) is 5.43. The summed E-state index contributed by atoms with van der Waals surface area (Å²) in [5, 5.41) is 3.26. The van der Waals surface area contributed by atoms with Crippen LogP contribution in [0.25, 0.3) is 11.0 Å². The maximum absolute atomic E-state index is 12.5. The number of rotatable bonds is 2. The van der Waals surface area contributed by atoms with Gasteiger partial charge in [0.1, 0.15) is 0 Å². The van der Waals surface area contributed by atoms with Crippen LogP contribution in [0.3, 0.4) is 0 Å². The fraction of sp³-hybridized carbons (Fsp3) is 0.200. The molecule has 1 atom stereocenters. The van der Waals surface area contributed by atoms with Gasteiger partial charge in [-0.25, -0.2) is 9.78 Å². The van der Waals surface area contributed by atoms with Crippen LogP contribution in [0.2, 0.25) is 0 Å². The van der Waals surface area contributed by atoms with Gasteiger partial charge in [0.2, 0.25) is 5.95 Å². The summed E-state index contributed by atoms with van der Waals surface area (Å²) < 4.78 is 7.14. The van der Waals surface area contributed by atoms with E-state index in [1.165, 1.54) is 12.7 Å². The van der Waals surface area contributed by atoms with Crippen LogP contribution in [-0.4, -0.2) is 22.6 Å². The topological polar surface area (TPSA) is 56.1 Å². The third-order valence-corrected chi connectivity index (χ3v) is 4.63. The number of allylic oxidation sites excluding steroid dienone is 1. The molecule has 0 fully saturated rings. The van der Waals surface area contributed by atoms with Gasteiger partial charge in [-0.05, 0) is 31.5 Å². The van der Waals surface area contributed by atoms with Crippen LogP contribution >= 0.6 is 0 Å². The van der Waals surface area contributed by atoms with E-state index in [9.17, 15) is 4.79 Å². The molecule has 1 aliphatic rings. The van der Waals surface area contributed by atoms with Crippen molar-refractivity contribution in [2.75, 3.05) is 12.4 Å². The van der Waals surface area contributed by atoms with Crippen LogP contribution in [0, 0.1) is 6.92 Å². The summed E-state index contributed by atoms with van der Waals surface area (Å²) in [4.78, 5) is 17.2. The standard InChI is InChI=1S/C20H19N3O2/c1-12-8-10-14(11-9-12)18-17(19(24)25-3)13(2)21-20-22-15-6-4-5-7-16(15)23(18)20/h4-11,18H,1-3H3,(H,21,22)/t18-/m0/s1. The zero-order chi connectivity index (χ0) is 17.6. The number of benzene rings is 2. The van der Waals surface area contributed by atoms with Gasteiger partial charge in [-0.2, -0.15) is 0 Å². The summed E-state index contributed by atoms with van der Waals surface area (Å²) in [6.07, 6.45) is 0. The van der Waals surface area contributed by atoms with Gasteiger partial charge in [-0.1, -0.05) is 42.0 Å². The summed E-state index contributed by atoms with van der Waals surface area (Å²) >= 11 is 0. The molecule has 25 heavy (non-hydrogen) atoms. The normalized spacial score (nSPS) is 16.5. The van der Waals surface area contributed by atoms with Gasteiger partial charge in [0.15, 0.2) is 0 Å². The highest BCUT2D eigenvalue weighted by molar-refractivity contribution is 5.94. The lowest BCUT2D eigenvalue weighted by atomic mass is 9.94. The van der Waals surface area contributed by atoms with Crippen LogP contribution in [0.15, 0.2) is 59.8 Å². The molecule has 0 saturated carbocycles. The SMILES string of the molecule is COC(=O)C1=C(C)Nc2nc3ccccc3n2[C@H]1c1ccc(C)cc1. The first-order chi connectivity index (χ1) is 12.1. The molecular formula is C20H19N3O2. The first-order valence-electron chi connectivity index (χ1n) is 8.20. The van der Waals surface area contributed by atoms with Crippen molar-refractivity contribution < 1.29 is 9.53 Å². The Balaban J connectivity index is 2.01. The smallest absolute Gasteiger partial charge is 0.337 e. The van der Waals surface area contributed by atoms with Gasteiger partial charge in [0.05, 0.1) is 29.8 Å². The molecule has 5 heteroatoms. The van der Waals surface area contributed by atoms with Crippen LogP contribution in [-0.2, 0) is 9.53 Å². The number of para-hydroxylation sites is 2. The van der Waals surface area contributed by atoms with Crippen LogP contribution in [0.5, 0.6) is 0 Å². The van der Waals surface area contributed by atoms with Gasteiger partial charge in [0, 0.05) is 5.70 Å².